The zero-order chi connectivity index (χ0) is 10.6. The van der Waals surface area contributed by atoms with Crippen molar-refractivity contribution in [1.82, 2.24) is 0 Å². The first-order chi connectivity index (χ1) is 6.77. The van der Waals surface area contributed by atoms with Crippen molar-refractivity contribution >= 4 is 17.6 Å². The molecule has 0 aliphatic heterocycles. The van der Waals surface area contributed by atoms with Crippen molar-refractivity contribution in [3.63, 3.8) is 0 Å². The molecule has 0 aromatic carbocycles. The third-order valence-electron chi connectivity index (χ3n) is 1.66. The molecule has 14 heavy (non-hydrogen) atoms. The van der Waals surface area contributed by atoms with E-state index in [1.54, 1.807) is 0 Å². The van der Waals surface area contributed by atoms with Gasteiger partial charge in [-0.25, -0.2) is 0 Å². The molecule has 0 atom stereocenters. The number of esters is 1. The molecule has 4 heteroatoms. The van der Waals surface area contributed by atoms with Crippen LogP contribution in [0.3, 0.4) is 0 Å². The minimum atomic E-state index is -0.215. The largest absolute Gasteiger partial charge is 0.466 e. The van der Waals surface area contributed by atoms with E-state index < -0.39 is 0 Å². The van der Waals surface area contributed by atoms with Crippen LogP contribution < -0.4 is 0 Å². The Balaban J connectivity index is 2.88. The SMILES string of the molecule is CC(=O)OCCCCOCCCCCl. The Hall–Kier alpha value is -0.280. The molecule has 0 aromatic rings. The minimum Gasteiger partial charge on any atom is -0.466 e. The van der Waals surface area contributed by atoms with Crippen molar-refractivity contribution in [2.24, 2.45) is 0 Å². The predicted molar refractivity (Wildman–Crippen MR) is 56.6 cm³/mol. The molecule has 0 aromatic heterocycles. The van der Waals surface area contributed by atoms with E-state index >= 15 is 0 Å². The fraction of sp³-hybridized carbons (Fsp3) is 0.900. The van der Waals surface area contributed by atoms with Gasteiger partial charge in [-0.05, 0) is 25.7 Å². The van der Waals surface area contributed by atoms with E-state index in [2.05, 4.69) is 0 Å². The van der Waals surface area contributed by atoms with Crippen molar-refractivity contribution in [2.75, 3.05) is 25.7 Å². The number of unbranched alkanes of at least 4 members (excludes halogenated alkanes) is 2. The van der Waals surface area contributed by atoms with E-state index in [0.29, 0.717) is 12.5 Å². The predicted octanol–water partition coefficient (Wildman–Crippen LogP) is 2.37. The van der Waals surface area contributed by atoms with Crippen molar-refractivity contribution in [1.29, 1.82) is 0 Å². The second-order valence-electron chi connectivity index (χ2n) is 3.06. The second kappa shape index (κ2) is 10.8. The Morgan fingerprint density at radius 3 is 2.21 bits per heavy atom. The van der Waals surface area contributed by atoms with Gasteiger partial charge < -0.3 is 9.47 Å². The van der Waals surface area contributed by atoms with E-state index in [1.807, 2.05) is 0 Å². The smallest absolute Gasteiger partial charge is 0.302 e. The second-order valence-corrected chi connectivity index (χ2v) is 3.43. The van der Waals surface area contributed by atoms with Gasteiger partial charge in [0, 0.05) is 26.0 Å². The highest BCUT2D eigenvalue weighted by Gasteiger charge is 1.93. The third-order valence-corrected chi connectivity index (χ3v) is 1.93. The maximum atomic E-state index is 10.4. The van der Waals surface area contributed by atoms with E-state index in [-0.39, 0.29) is 5.97 Å². The van der Waals surface area contributed by atoms with Crippen molar-refractivity contribution in [3.8, 4) is 0 Å². The summed E-state index contributed by atoms with van der Waals surface area (Å²) in [4.78, 5) is 10.4. The number of ether oxygens (including phenoxy) is 2. The molecule has 0 aliphatic rings. The third kappa shape index (κ3) is 11.7. The van der Waals surface area contributed by atoms with Gasteiger partial charge in [0.2, 0.25) is 0 Å². The van der Waals surface area contributed by atoms with Crippen molar-refractivity contribution in [3.05, 3.63) is 0 Å². The van der Waals surface area contributed by atoms with Crippen LogP contribution in [0.5, 0.6) is 0 Å². The standard InChI is InChI=1S/C10H19ClO3/c1-10(12)14-9-5-4-8-13-7-3-2-6-11/h2-9H2,1H3. The monoisotopic (exact) mass is 222 g/mol. The van der Waals surface area contributed by atoms with Gasteiger partial charge in [-0.3, -0.25) is 4.79 Å². The van der Waals surface area contributed by atoms with Gasteiger partial charge in [0.15, 0.2) is 0 Å². The van der Waals surface area contributed by atoms with Gasteiger partial charge in [-0.15, -0.1) is 11.6 Å². The summed E-state index contributed by atoms with van der Waals surface area (Å²) in [5.74, 6) is 0.489. The molecule has 0 bridgehead atoms. The summed E-state index contributed by atoms with van der Waals surface area (Å²) in [7, 11) is 0. The Kier molecular flexibility index (Phi) is 10.6. The van der Waals surface area contributed by atoms with Gasteiger partial charge in [-0.1, -0.05) is 0 Å². The summed E-state index contributed by atoms with van der Waals surface area (Å²) in [5, 5.41) is 0. The van der Waals surface area contributed by atoms with Gasteiger partial charge >= 0.3 is 5.97 Å². The van der Waals surface area contributed by atoms with E-state index in [1.165, 1.54) is 6.92 Å². The summed E-state index contributed by atoms with van der Waals surface area (Å²) in [6.45, 7) is 3.44. The topological polar surface area (TPSA) is 35.5 Å². The molecular weight excluding hydrogens is 204 g/mol. The first kappa shape index (κ1) is 13.7. The molecule has 0 radical (unpaired) electrons. The van der Waals surface area contributed by atoms with Crippen molar-refractivity contribution in [2.45, 2.75) is 32.6 Å². The van der Waals surface area contributed by atoms with E-state index in [9.17, 15) is 4.79 Å². The van der Waals surface area contributed by atoms with Gasteiger partial charge in [0.1, 0.15) is 0 Å². The van der Waals surface area contributed by atoms with Crippen LogP contribution >= 0.6 is 11.6 Å². The van der Waals surface area contributed by atoms with E-state index in [0.717, 1.165) is 38.9 Å². The van der Waals surface area contributed by atoms with Crippen LogP contribution in [0.2, 0.25) is 0 Å². The highest BCUT2D eigenvalue weighted by molar-refractivity contribution is 6.17. The zero-order valence-electron chi connectivity index (χ0n) is 8.76. The quantitative estimate of drug-likeness (QED) is 0.341. The number of rotatable bonds is 9. The maximum Gasteiger partial charge on any atom is 0.302 e. The van der Waals surface area contributed by atoms with Crippen LogP contribution in [0.25, 0.3) is 0 Å². The molecule has 0 saturated heterocycles. The average Bonchev–Trinajstić information content (AvgIpc) is 2.15. The zero-order valence-corrected chi connectivity index (χ0v) is 9.52. The summed E-state index contributed by atoms with van der Waals surface area (Å²) in [6, 6.07) is 0. The lowest BCUT2D eigenvalue weighted by molar-refractivity contribution is -0.141. The van der Waals surface area contributed by atoms with Crippen LogP contribution in [-0.4, -0.2) is 31.7 Å². The lowest BCUT2D eigenvalue weighted by atomic mass is 10.3. The molecule has 0 rings (SSSR count). The molecule has 3 nitrogen and oxygen atoms in total. The molecule has 0 fully saturated rings. The van der Waals surface area contributed by atoms with Crippen LogP contribution in [-0.2, 0) is 14.3 Å². The lowest BCUT2D eigenvalue weighted by Crippen LogP contribution is -2.03. The molecule has 0 aliphatic carbocycles. The van der Waals surface area contributed by atoms with Crippen LogP contribution in [0.4, 0.5) is 0 Å². The Morgan fingerprint density at radius 1 is 1.07 bits per heavy atom. The van der Waals surface area contributed by atoms with Crippen LogP contribution in [0, 0.1) is 0 Å². The molecule has 0 amide bonds. The lowest BCUT2D eigenvalue weighted by Gasteiger charge is -2.03. The average molecular weight is 223 g/mol. The molecule has 84 valence electrons. The van der Waals surface area contributed by atoms with Gasteiger partial charge in [-0.2, -0.15) is 0 Å². The first-order valence-electron chi connectivity index (χ1n) is 5.04. The molecule has 0 heterocycles. The van der Waals surface area contributed by atoms with Gasteiger partial charge in [0.05, 0.1) is 6.61 Å². The number of hydrogen-bond acceptors (Lipinski definition) is 3. The fourth-order valence-corrected chi connectivity index (χ4v) is 1.11. The number of carbonyl (C=O) groups is 1. The summed E-state index contributed by atoms with van der Waals surface area (Å²) in [6.07, 6.45) is 3.84. The Labute approximate surface area is 90.7 Å². The fourth-order valence-electron chi connectivity index (χ4n) is 0.923. The Bertz CT molecular complexity index is 139. The summed E-state index contributed by atoms with van der Waals surface area (Å²) in [5.41, 5.74) is 0. The van der Waals surface area contributed by atoms with Gasteiger partial charge in [0.25, 0.3) is 0 Å². The maximum absolute atomic E-state index is 10.4. The molecule has 0 saturated carbocycles. The highest BCUT2D eigenvalue weighted by Crippen LogP contribution is 1.95. The number of halogens is 1. The summed E-state index contributed by atoms with van der Waals surface area (Å²) < 4.78 is 10.1. The molecular formula is C10H19ClO3. The summed E-state index contributed by atoms with van der Waals surface area (Å²) >= 11 is 5.51. The molecule has 0 N–H and O–H groups in total. The minimum absolute atomic E-state index is 0.215. The number of carbonyl (C=O) groups excluding carboxylic acids is 1. The van der Waals surface area contributed by atoms with Crippen LogP contribution in [0.1, 0.15) is 32.6 Å². The number of hydrogen-bond donors (Lipinski definition) is 0. The van der Waals surface area contributed by atoms with Crippen LogP contribution in [0.15, 0.2) is 0 Å². The van der Waals surface area contributed by atoms with E-state index in [4.69, 9.17) is 21.1 Å². The van der Waals surface area contributed by atoms with Crippen molar-refractivity contribution < 1.29 is 14.3 Å². The Morgan fingerprint density at radius 2 is 1.64 bits per heavy atom. The molecule has 0 unspecified atom stereocenters. The normalized spacial score (nSPS) is 10.1. The first-order valence-corrected chi connectivity index (χ1v) is 5.58. The number of alkyl halides is 1. The molecule has 0 spiro atoms. The highest BCUT2D eigenvalue weighted by atomic mass is 35.5.